The summed E-state index contributed by atoms with van der Waals surface area (Å²) in [7, 11) is 0. The van der Waals surface area contributed by atoms with Crippen LogP contribution in [-0.4, -0.2) is 28.0 Å². The second kappa shape index (κ2) is 7.77. The number of hydrogen-bond donors (Lipinski definition) is 1. The zero-order chi connectivity index (χ0) is 18.6. The van der Waals surface area contributed by atoms with E-state index >= 15 is 0 Å². The van der Waals surface area contributed by atoms with Crippen molar-refractivity contribution in [3.63, 3.8) is 0 Å². The first-order valence-electron chi connectivity index (χ1n) is 7.49. The van der Waals surface area contributed by atoms with Crippen molar-refractivity contribution in [1.82, 2.24) is 15.2 Å². The van der Waals surface area contributed by atoms with Crippen molar-refractivity contribution < 1.29 is 22.3 Å². The average Bonchev–Trinajstić information content (AvgIpc) is 3.07. The number of halogens is 4. The third kappa shape index (κ3) is 4.98. The van der Waals surface area contributed by atoms with Gasteiger partial charge in [0.1, 0.15) is 11.6 Å². The van der Waals surface area contributed by atoms with E-state index in [1.807, 2.05) is 0 Å². The number of aromatic nitrogens is 3. The molecule has 9 heteroatoms. The van der Waals surface area contributed by atoms with Gasteiger partial charge in [-0.1, -0.05) is 36.0 Å². The first kappa shape index (κ1) is 18.2. The summed E-state index contributed by atoms with van der Waals surface area (Å²) in [6, 6.07) is 12.5. The molecule has 1 N–H and O–H groups in total. The van der Waals surface area contributed by atoms with Gasteiger partial charge in [0.25, 0.3) is 0 Å². The van der Waals surface area contributed by atoms with E-state index in [1.165, 1.54) is 30.0 Å². The van der Waals surface area contributed by atoms with Crippen LogP contribution in [0.5, 0.6) is 5.75 Å². The fraction of sp³-hybridized carbons (Fsp3) is 0.176. The Hall–Kier alpha value is -2.55. The van der Waals surface area contributed by atoms with E-state index in [4.69, 9.17) is 0 Å². The lowest BCUT2D eigenvalue weighted by atomic mass is 10.2. The molecule has 0 fully saturated rings. The largest absolute Gasteiger partial charge is 0.484 e. The van der Waals surface area contributed by atoms with Crippen molar-refractivity contribution in [2.75, 3.05) is 6.61 Å². The highest BCUT2D eigenvalue weighted by molar-refractivity contribution is 7.98. The number of hydrogen-bond acceptors (Lipinski definition) is 4. The molecule has 0 saturated heterocycles. The molecule has 3 aromatic rings. The van der Waals surface area contributed by atoms with Gasteiger partial charge in [0.05, 0.1) is 5.56 Å². The van der Waals surface area contributed by atoms with Crippen LogP contribution in [0.1, 0.15) is 5.56 Å². The Morgan fingerprint density at radius 1 is 1.04 bits per heavy atom. The van der Waals surface area contributed by atoms with E-state index in [2.05, 4.69) is 19.9 Å². The summed E-state index contributed by atoms with van der Waals surface area (Å²) >= 11 is 1.32. The molecule has 0 radical (unpaired) electrons. The zero-order valence-corrected chi connectivity index (χ0v) is 14.1. The summed E-state index contributed by atoms with van der Waals surface area (Å²) in [6.07, 6.45) is -4.37. The lowest BCUT2D eigenvalue weighted by molar-refractivity contribution is -0.153. The van der Waals surface area contributed by atoms with Crippen LogP contribution in [0.15, 0.2) is 53.7 Å². The molecular formula is C17H13F4N3OS. The van der Waals surface area contributed by atoms with Gasteiger partial charge in [0.15, 0.2) is 12.4 Å². The molecule has 136 valence electrons. The number of thioether (sulfide) groups is 1. The molecule has 1 heterocycles. The van der Waals surface area contributed by atoms with Crippen molar-refractivity contribution in [2.45, 2.75) is 17.1 Å². The van der Waals surface area contributed by atoms with Gasteiger partial charge in [-0.05, 0) is 29.8 Å². The number of H-pyrrole nitrogens is 1. The maximum Gasteiger partial charge on any atom is 0.422 e. The van der Waals surface area contributed by atoms with Gasteiger partial charge < -0.3 is 4.74 Å². The third-order valence-electron chi connectivity index (χ3n) is 3.29. The van der Waals surface area contributed by atoms with E-state index in [9.17, 15) is 17.6 Å². The molecular weight excluding hydrogens is 370 g/mol. The summed E-state index contributed by atoms with van der Waals surface area (Å²) in [5.74, 6) is 0.598. The Morgan fingerprint density at radius 3 is 2.46 bits per heavy atom. The van der Waals surface area contributed by atoms with Crippen LogP contribution >= 0.6 is 11.8 Å². The lowest BCUT2D eigenvalue weighted by Gasteiger charge is -2.09. The first-order valence-corrected chi connectivity index (χ1v) is 8.48. The third-order valence-corrected chi connectivity index (χ3v) is 4.21. The number of benzene rings is 2. The average molecular weight is 383 g/mol. The van der Waals surface area contributed by atoms with Crippen LogP contribution in [0.25, 0.3) is 11.4 Å². The van der Waals surface area contributed by atoms with Crippen LogP contribution in [0.4, 0.5) is 17.6 Å². The van der Waals surface area contributed by atoms with Gasteiger partial charge in [-0.3, -0.25) is 5.10 Å². The first-order chi connectivity index (χ1) is 12.4. The molecule has 0 bridgehead atoms. The number of nitrogens with zero attached hydrogens (tertiary/aromatic N) is 2. The molecule has 1 aromatic heterocycles. The van der Waals surface area contributed by atoms with Gasteiger partial charge in [-0.15, -0.1) is 5.10 Å². The molecule has 3 rings (SSSR count). The minimum atomic E-state index is -4.37. The molecule has 0 saturated carbocycles. The molecule has 4 nitrogen and oxygen atoms in total. The van der Waals surface area contributed by atoms with Crippen LogP contribution in [0.3, 0.4) is 0 Å². The van der Waals surface area contributed by atoms with Gasteiger partial charge in [-0.2, -0.15) is 13.2 Å². The van der Waals surface area contributed by atoms with E-state index in [0.29, 0.717) is 22.3 Å². The molecule has 0 aliphatic rings. The van der Waals surface area contributed by atoms with Crippen LogP contribution < -0.4 is 4.74 Å². The Morgan fingerprint density at radius 2 is 1.77 bits per heavy atom. The van der Waals surface area contributed by atoms with Gasteiger partial charge in [0.2, 0.25) is 5.16 Å². The molecule has 0 aliphatic carbocycles. The molecule has 0 unspecified atom stereocenters. The second-order valence-electron chi connectivity index (χ2n) is 5.28. The maximum absolute atomic E-state index is 13.7. The minimum Gasteiger partial charge on any atom is -0.484 e. The number of aromatic amines is 1. The van der Waals surface area contributed by atoms with E-state index in [1.54, 1.807) is 30.3 Å². The normalized spacial score (nSPS) is 11.5. The summed E-state index contributed by atoms with van der Waals surface area (Å²) in [4.78, 5) is 4.24. The Bertz CT molecular complexity index is 865. The van der Waals surface area contributed by atoms with Crippen molar-refractivity contribution in [2.24, 2.45) is 0 Å². The highest BCUT2D eigenvalue weighted by atomic mass is 32.2. The predicted octanol–water partition coefficient (Wildman–Crippen LogP) is 4.84. The van der Waals surface area contributed by atoms with Crippen LogP contribution in [0, 0.1) is 5.82 Å². The standard InChI is InChI=1S/C17H13F4N3OS/c18-14-4-2-1-3-13(14)15-22-16(24-23-15)26-9-11-5-7-12(8-6-11)25-10-17(19,20)21/h1-8H,9-10H2,(H,22,23,24). The molecule has 0 spiro atoms. The molecule has 0 atom stereocenters. The molecule has 0 amide bonds. The fourth-order valence-corrected chi connectivity index (χ4v) is 2.83. The minimum absolute atomic E-state index is 0.149. The van der Waals surface area contributed by atoms with Gasteiger partial charge in [-0.25, -0.2) is 9.37 Å². The summed E-state index contributed by atoms with van der Waals surface area (Å²) in [5, 5.41) is 7.17. The fourth-order valence-electron chi connectivity index (χ4n) is 2.08. The van der Waals surface area contributed by atoms with Gasteiger partial charge >= 0.3 is 6.18 Å². The Labute approximate surface area is 150 Å². The van der Waals surface area contributed by atoms with Crippen molar-refractivity contribution in [3.8, 4) is 17.1 Å². The summed E-state index contributed by atoms with van der Waals surface area (Å²) in [5.41, 5.74) is 1.20. The number of ether oxygens (including phenoxy) is 1. The molecule has 0 aliphatic heterocycles. The van der Waals surface area contributed by atoms with Crippen LogP contribution in [0.2, 0.25) is 0 Å². The van der Waals surface area contributed by atoms with Crippen molar-refractivity contribution >= 4 is 11.8 Å². The van der Waals surface area contributed by atoms with Gasteiger partial charge in [0, 0.05) is 5.75 Å². The lowest BCUT2D eigenvalue weighted by Crippen LogP contribution is -2.19. The Balaban J connectivity index is 1.57. The van der Waals surface area contributed by atoms with E-state index in [0.717, 1.165) is 5.56 Å². The summed E-state index contributed by atoms with van der Waals surface area (Å²) < 4.78 is 54.7. The smallest absolute Gasteiger partial charge is 0.422 e. The quantitative estimate of drug-likeness (QED) is 0.489. The molecule has 2 aromatic carbocycles. The maximum atomic E-state index is 13.7. The SMILES string of the molecule is Fc1ccccc1-c1nc(SCc2ccc(OCC(F)(F)F)cc2)n[nH]1. The number of rotatable bonds is 6. The zero-order valence-electron chi connectivity index (χ0n) is 13.3. The Kier molecular flexibility index (Phi) is 5.46. The number of nitrogens with one attached hydrogen (secondary N) is 1. The second-order valence-corrected chi connectivity index (χ2v) is 6.23. The topological polar surface area (TPSA) is 50.8 Å². The van der Waals surface area contributed by atoms with Crippen molar-refractivity contribution in [3.05, 3.63) is 59.9 Å². The highest BCUT2D eigenvalue weighted by Gasteiger charge is 2.28. The predicted molar refractivity (Wildman–Crippen MR) is 89.3 cm³/mol. The number of alkyl halides is 3. The molecule has 26 heavy (non-hydrogen) atoms. The highest BCUT2D eigenvalue weighted by Crippen LogP contribution is 2.25. The van der Waals surface area contributed by atoms with Crippen LogP contribution in [-0.2, 0) is 5.75 Å². The summed E-state index contributed by atoms with van der Waals surface area (Å²) in [6.45, 7) is -1.32. The van der Waals surface area contributed by atoms with Crippen molar-refractivity contribution in [1.29, 1.82) is 0 Å². The van der Waals surface area contributed by atoms with E-state index < -0.39 is 18.6 Å². The van der Waals surface area contributed by atoms with E-state index in [-0.39, 0.29) is 5.75 Å². The monoisotopic (exact) mass is 383 g/mol.